The van der Waals surface area contributed by atoms with Crippen LogP contribution in [0, 0.1) is 9.39 Å². The third-order valence-electron chi connectivity index (χ3n) is 2.91. The van der Waals surface area contributed by atoms with Crippen molar-refractivity contribution in [1.82, 2.24) is 10.1 Å². The molecule has 0 amide bonds. The molecular formula is C15H10FIN2O2. The Hall–Kier alpha value is -1.96. The van der Waals surface area contributed by atoms with E-state index in [4.69, 9.17) is 4.52 Å². The van der Waals surface area contributed by atoms with Crippen LogP contribution in [0.5, 0.6) is 5.75 Å². The summed E-state index contributed by atoms with van der Waals surface area (Å²) in [5.74, 6) is 0.467. The SMILES string of the molecule is Oc1ccc(I)cc1-c1nc(Cc2cccc(F)c2)no1. The van der Waals surface area contributed by atoms with Gasteiger partial charge in [-0.15, -0.1) is 0 Å². The number of aromatic nitrogens is 2. The number of phenolic OH excluding ortho intramolecular Hbond substituents is 1. The van der Waals surface area contributed by atoms with Crippen LogP contribution in [-0.2, 0) is 6.42 Å². The van der Waals surface area contributed by atoms with Gasteiger partial charge in [0.25, 0.3) is 5.89 Å². The summed E-state index contributed by atoms with van der Waals surface area (Å²) in [7, 11) is 0. The summed E-state index contributed by atoms with van der Waals surface area (Å²) in [5.41, 5.74) is 1.24. The molecule has 0 radical (unpaired) electrons. The number of rotatable bonds is 3. The number of benzene rings is 2. The van der Waals surface area contributed by atoms with E-state index in [-0.39, 0.29) is 17.5 Å². The summed E-state index contributed by atoms with van der Waals surface area (Å²) in [4.78, 5) is 4.24. The quantitative estimate of drug-likeness (QED) is 0.685. The largest absolute Gasteiger partial charge is 0.507 e. The van der Waals surface area contributed by atoms with E-state index in [2.05, 4.69) is 32.7 Å². The summed E-state index contributed by atoms with van der Waals surface area (Å²) < 4.78 is 19.3. The molecule has 0 spiro atoms. The van der Waals surface area contributed by atoms with E-state index in [1.165, 1.54) is 12.1 Å². The molecule has 0 aliphatic rings. The number of hydrogen-bond donors (Lipinski definition) is 1. The van der Waals surface area contributed by atoms with Crippen molar-refractivity contribution in [3.05, 3.63) is 63.2 Å². The fraction of sp³-hybridized carbons (Fsp3) is 0.0667. The van der Waals surface area contributed by atoms with E-state index < -0.39 is 0 Å². The van der Waals surface area contributed by atoms with Crippen LogP contribution in [0.15, 0.2) is 47.0 Å². The maximum Gasteiger partial charge on any atom is 0.261 e. The lowest BCUT2D eigenvalue weighted by Gasteiger charge is -1.99. The predicted octanol–water partition coefficient (Wildman–Crippen LogP) is 3.78. The van der Waals surface area contributed by atoms with Crippen LogP contribution in [0.1, 0.15) is 11.4 Å². The van der Waals surface area contributed by atoms with E-state index in [1.54, 1.807) is 30.3 Å². The molecule has 2 aromatic carbocycles. The Labute approximate surface area is 133 Å². The summed E-state index contributed by atoms with van der Waals surface area (Å²) in [5, 5.41) is 13.7. The van der Waals surface area contributed by atoms with Gasteiger partial charge in [0.1, 0.15) is 11.6 Å². The normalized spacial score (nSPS) is 10.8. The Kier molecular flexibility index (Phi) is 3.87. The van der Waals surface area contributed by atoms with Gasteiger partial charge in [-0.3, -0.25) is 0 Å². The van der Waals surface area contributed by atoms with Gasteiger partial charge in [-0.1, -0.05) is 17.3 Å². The van der Waals surface area contributed by atoms with E-state index in [0.29, 0.717) is 17.8 Å². The predicted molar refractivity (Wildman–Crippen MR) is 83.3 cm³/mol. The lowest BCUT2D eigenvalue weighted by Crippen LogP contribution is -1.91. The zero-order chi connectivity index (χ0) is 14.8. The second-order valence-electron chi connectivity index (χ2n) is 4.48. The Morgan fingerprint density at radius 3 is 2.86 bits per heavy atom. The number of aromatic hydroxyl groups is 1. The number of nitrogens with zero attached hydrogens (tertiary/aromatic N) is 2. The van der Waals surface area contributed by atoms with Gasteiger partial charge in [-0.2, -0.15) is 4.98 Å². The summed E-state index contributed by atoms with van der Waals surface area (Å²) in [6.45, 7) is 0. The molecule has 3 aromatic rings. The smallest absolute Gasteiger partial charge is 0.261 e. The van der Waals surface area contributed by atoms with Crippen LogP contribution in [0.25, 0.3) is 11.5 Å². The average Bonchev–Trinajstić information content (AvgIpc) is 2.90. The van der Waals surface area contributed by atoms with Crippen LogP contribution in [0.2, 0.25) is 0 Å². The van der Waals surface area contributed by atoms with Crippen molar-refractivity contribution in [1.29, 1.82) is 0 Å². The fourth-order valence-corrected chi connectivity index (χ4v) is 2.44. The molecular weight excluding hydrogens is 386 g/mol. The van der Waals surface area contributed by atoms with Gasteiger partial charge in [-0.25, -0.2) is 4.39 Å². The first-order chi connectivity index (χ1) is 10.1. The van der Waals surface area contributed by atoms with Crippen LogP contribution in [0.4, 0.5) is 4.39 Å². The second kappa shape index (κ2) is 5.80. The molecule has 3 rings (SSSR count). The van der Waals surface area contributed by atoms with Gasteiger partial charge in [0.2, 0.25) is 0 Å². The van der Waals surface area contributed by atoms with Crippen molar-refractivity contribution < 1.29 is 14.0 Å². The van der Waals surface area contributed by atoms with Crippen molar-refractivity contribution in [3.63, 3.8) is 0 Å². The molecule has 4 nitrogen and oxygen atoms in total. The summed E-state index contributed by atoms with van der Waals surface area (Å²) >= 11 is 2.14. The zero-order valence-corrected chi connectivity index (χ0v) is 12.9. The van der Waals surface area contributed by atoms with Crippen LogP contribution >= 0.6 is 22.6 Å². The highest BCUT2D eigenvalue weighted by Crippen LogP contribution is 2.29. The Morgan fingerprint density at radius 2 is 2.05 bits per heavy atom. The van der Waals surface area contributed by atoms with Crippen molar-refractivity contribution in [3.8, 4) is 17.2 Å². The molecule has 0 atom stereocenters. The molecule has 6 heteroatoms. The highest BCUT2D eigenvalue weighted by Gasteiger charge is 2.13. The second-order valence-corrected chi connectivity index (χ2v) is 5.73. The molecule has 0 saturated carbocycles. The van der Waals surface area contributed by atoms with Gasteiger partial charge in [0.05, 0.1) is 5.56 Å². The maximum absolute atomic E-state index is 13.1. The van der Waals surface area contributed by atoms with Gasteiger partial charge < -0.3 is 9.63 Å². The van der Waals surface area contributed by atoms with Crippen molar-refractivity contribution in [2.45, 2.75) is 6.42 Å². The maximum atomic E-state index is 13.1. The first-order valence-electron chi connectivity index (χ1n) is 6.18. The highest BCUT2D eigenvalue weighted by molar-refractivity contribution is 14.1. The van der Waals surface area contributed by atoms with E-state index >= 15 is 0 Å². The number of phenols is 1. The van der Waals surface area contributed by atoms with Crippen molar-refractivity contribution in [2.75, 3.05) is 0 Å². The molecule has 0 saturated heterocycles. The Bertz CT molecular complexity index is 789. The average molecular weight is 396 g/mol. The van der Waals surface area contributed by atoms with Crippen LogP contribution in [0.3, 0.4) is 0 Å². The van der Waals surface area contributed by atoms with Gasteiger partial charge in [0.15, 0.2) is 5.82 Å². The number of halogens is 2. The fourth-order valence-electron chi connectivity index (χ4n) is 1.94. The standard InChI is InChI=1S/C15H10FIN2O2/c16-10-3-1-2-9(6-10)7-14-18-15(21-19-14)12-8-11(17)4-5-13(12)20/h1-6,8,20H,7H2. The Morgan fingerprint density at radius 1 is 1.19 bits per heavy atom. The lowest BCUT2D eigenvalue weighted by atomic mass is 10.1. The molecule has 1 N–H and O–H groups in total. The van der Waals surface area contributed by atoms with E-state index in [0.717, 1.165) is 9.13 Å². The number of hydrogen-bond acceptors (Lipinski definition) is 4. The summed E-state index contributed by atoms with van der Waals surface area (Å²) in [6, 6.07) is 11.4. The molecule has 1 aromatic heterocycles. The van der Waals surface area contributed by atoms with E-state index in [9.17, 15) is 9.50 Å². The van der Waals surface area contributed by atoms with Crippen LogP contribution < -0.4 is 0 Å². The van der Waals surface area contributed by atoms with Crippen molar-refractivity contribution >= 4 is 22.6 Å². The first-order valence-corrected chi connectivity index (χ1v) is 7.25. The van der Waals surface area contributed by atoms with E-state index in [1.807, 2.05) is 0 Å². The molecule has 106 valence electrons. The Balaban J connectivity index is 1.88. The van der Waals surface area contributed by atoms with Gasteiger partial charge in [0, 0.05) is 9.99 Å². The van der Waals surface area contributed by atoms with Crippen molar-refractivity contribution in [2.24, 2.45) is 0 Å². The molecule has 1 heterocycles. The third kappa shape index (κ3) is 3.21. The molecule has 0 bridgehead atoms. The minimum absolute atomic E-state index is 0.0800. The monoisotopic (exact) mass is 396 g/mol. The molecule has 0 unspecified atom stereocenters. The minimum Gasteiger partial charge on any atom is -0.507 e. The van der Waals surface area contributed by atoms with Crippen LogP contribution in [-0.4, -0.2) is 15.2 Å². The molecule has 0 aliphatic heterocycles. The molecule has 0 aliphatic carbocycles. The first kappa shape index (κ1) is 14.0. The molecule has 0 fully saturated rings. The summed E-state index contributed by atoms with van der Waals surface area (Å²) in [6.07, 6.45) is 0.367. The highest BCUT2D eigenvalue weighted by atomic mass is 127. The van der Waals surface area contributed by atoms with Gasteiger partial charge >= 0.3 is 0 Å². The third-order valence-corrected chi connectivity index (χ3v) is 3.58. The zero-order valence-electron chi connectivity index (χ0n) is 10.8. The minimum atomic E-state index is -0.300. The lowest BCUT2D eigenvalue weighted by molar-refractivity contribution is 0.418. The topological polar surface area (TPSA) is 59.2 Å². The van der Waals surface area contributed by atoms with Gasteiger partial charge in [-0.05, 0) is 58.5 Å². The molecule has 21 heavy (non-hydrogen) atoms.